The lowest BCUT2D eigenvalue weighted by Crippen LogP contribution is -2.21. The van der Waals surface area contributed by atoms with Crippen LogP contribution in [0.2, 0.25) is 5.02 Å². The second-order valence-corrected chi connectivity index (χ2v) is 5.99. The van der Waals surface area contributed by atoms with Crippen LogP contribution in [0.25, 0.3) is 0 Å². The van der Waals surface area contributed by atoms with Crippen molar-refractivity contribution in [1.29, 1.82) is 0 Å². The average molecular weight is 409 g/mol. The van der Waals surface area contributed by atoms with Crippen molar-refractivity contribution in [1.82, 2.24) is 15.8 Å². The summed E-state index contributed by atoms with van der Waals surface area (Å²) in [6, 6.07) is 14.2. The van der Waals surface area contributed by atoms with Gasteiger partial charge in [-0.25, -0.2) is 9.62 Å². The molecule has 0 radical (unpaired) electrons. The van der Waals surface area contributed by atoms with Crippen LogP contribution in [-0.4, -0.2) is 21.4 Å². The Labute approximate surface area is 150 Å². The standard InChI is InChI=1S/C15H11BrClN5O2/c16-9-1-5-11(6-2-9)19-15-13(21-24-22-15)14(20-23)18-12-7-3-10(17)4-8-12/h1-8,23H,(H,18,20)(H,19,22). The van der Waals surface area contributed by atoms with E-state index in [9.17, 15) is 5.21 Å². The summed E-state index contributed by atoms with van der Waals surface area (Å²) in [5, 5.41) is 20.6. The second kappa shape index (κ2) is 7.43. The predicted octanol–water partition coefficient (Wildman–Crippen LogP) is 4.29. The fraction of sp³-hybridized carbons (Fsp3) is 0. The average Bonchev–Trinajstić information content (AvgIpc) is 3.04. The molecule has 0 bridgehead atoms. The molecular weight excluding hydrogens is 398 g/mol. The predicted molar refractivity (Wildman–Crippen MR) is 94.3 cm³/mol. The number of aliphatic imine (C=N–C) groups is 1. The molecule has 9 heteroatoms. The third kappa shape index (κ3) is 3.91. The van der Waals surface area contributed by atoms with Crippen LogP contribution in [0.4, 0.5) is 17.2 Å². The van der Waals surface area contributed by atoms with Crippen LogP contribution >= 0.6 is 27.5 Å². The first-order valence-electron chi connectivity index (χ1n) is 6.75. The zero-order chi connectivity index (χ0) is 16.9. The van der Waals surface area contributed by atoms with Gasteiger partial charge < -0.3 is 5.32 Å². The Morgan fingerprint density at radius 1 is 1.08 bits per heavy atom. The number of benzene rings is 2. The quantitative estimate of drug-likeness (QED) is 0.339. The van der Waals surface area contributed by atoms with Crippen LogP contribution < -0.4 is 10.8 Å². The van der Waals surface area contributed by atoms with E-state index in [-0.39, 0.29) is 11.5 Å². The number of aromatic nitrogens is 2. The van der Waals surface area contributed by atoms with Crippen LogP contribution in [0.3, 0.4) is 0 Å². The Morgan fingerprint density at radius 3 is 2.46 bits per heavy atom. The molecule has 0 spiro atoms. The van der Waals surface area contributed by atoms with Crippen molar-refractivity contribution in [3.05, 3.63) is 63.7 Å². The molecule has 0 unspecified atom stereocenters. The first kappa shape index (κ1) is 16.4. The first-order valence-corrected chi connectivity index (χ1v) is 7.92. The summed E-state index contributed by atoms with van der Waals surface area (Å²) < 4.78 is 5.71. The largest absolute Gasteiger partial charge is 0.335 e. The lowest BCUT2D eigenvalue weighted by Gasteiger charge is -2.06. The van der Waals surface area contributed by atoms with Gasteiger partial charge in [-0.2, -0.15) is 0 Å². The Hall–Kier alpha value is -2.42. The number of hydroxylamine groups is 1. The summed E-state index contributed by atoms with van der Waals surface area (Å²) in [5.41, 5.74) is 3.60. The molecule has 0 aliphatic carbocycles. The molecule has 0 saturated carbocycles. The molecule has 1 aromatic heterocycles. The third-order valence-electron chi connectivity index (χ3n) is 2.99. The van der Waals surface area contributed by atoms with Crippen LogP contribution in [-0.2, 0) is 0 Å². The molecule has 0 saturated heterocycles. The van der Waals surface area contributed by atoms with Crippen molar-refractivity contribution < 1.29 is 9.84 Å². The van der Waals surface area contributed by atoms with Gasteiger partial charge >= 0.3 is 0 Å². The van der Waals surface area contributed by atoms with Crippen LogP contribution in [0.5, 0.6) is 0 Å². The molecule has 122 valence electrons. The number of hydrogen-bond acceptors (Lipinski definition) is 6. The minimum Gasteiger partial charge on any atom is -0.335 e. The van der Waals surface area contributed by atoms with Crippen LogP contribution in [0, 0.1) is 0 Å². The highest BCUT2D eigenvalue weighted by molar-refractivity contribution is 9.10. The molecule has 7 nitrogen and oxygen atoms in total. The van der Waals surface area contributed by atoms with Crippen molar-refractivity contribution in [3.63, 3.8) is 0 Å². The second-order valence-electron chi connectivity index (χ2n) is 4.64. The minimum absolute atomic E-state index is 0.0817. The topological polar surface area (TPSA) is 95.6 Å². The maximum Gasteiger partial charge on any atom is 0.206 e. The minimum atomic E-state index is 0.0817. The molecule has 3 rings (SSSR count). The summed E-state index contributed by atoms with van der Waals surface area (Å²) >= 11 is 9.21. The Morgan fingerprint density at radius 2 is 1.79 bits per heavy atom. The van der Waals surface area contributed by atoms with E-state index < -0.39 is 0 Å². The van der Waals surface area contributed by atoms with Gasteiger partial charge in [-0.1, -0.05) is 27.5 Å². The Balaban J connectivity index is 1.89. The van der Waals surface area contributed by atoms with E-state index in [0.29, 0.717) is 16.5 Å². The van der Waals surface area contributed by atoms with E-state index in [1.54, 1.807) is 24.3 Å². The highest BCUT2D eigenvalue weighted by Crippen LogP contribution is 2.22. The number of hydrogen-bond donors (Lipinski definition) is 3. The van der Waals surface area contributed by atoms with Crippen LogP contribution in [0.15, 0.2) is 62.6 Å². The number of anilines is 2. The van der Waals surface area contributed by atoms with Gasteiger partial charge in [0.2, 0.25) is 5.82 Å². The Kier molecular flexibility index (Phi) is 5.09. The molecule has 24 heavy (non-hydrogen) atoms. The zero-order valence-electron chi connectivity index (χ0n) is 12.1. The van der Waals surface area contributed by atoms with E-state index in [1.165, 1.54) is 0 Å². The summed E-state index contributed by atoms with van der Waals surface area (Å²) in [6.07, 6.45) is 0. The molecule has 2 aromatic carbocycles. The fourth-order valence-electron chi connectivity index (χ4n) is 1.87. The fourth-order valence-corrected chi connectivity index (χ4v) is 2.26. The number of nitrogens with zero attached hydrogens (tertiary/aromatic N) is 3. The van der Waals surface area contributed by atoms with Gasteiger partial charge in [0.25, 0.3) is 0 Å². The van der Waals surface area contributed by atoms with Crippen molar-refractivity contribution in [3.8, 4) is 0 Å². The molecule has 1 heterocycles. The third-order valence-corrected chi connectivity index (χ3v) is 3.77. The smallest absolute Gasteiger partial charge is 0.206 e. The molecule has 0 amide bonds. The summed E-state index contributed by atoms with van der Waals surface area (Å²) in [7, 11) is 0. The lowest BCUT2D eigenvalue weighted by atomic mass is 10.3. The van der Waals surface area contributed by atoms with Gasteiger partial charge in [-0.15, -0.1) is 0 Å². The van der Waals surface area contributed by atoms with E-state index >= 15 is 0 Å². The number of halogens is 2. The monoisotopic (exact) mass is 407 g/mol. The molecule has 0 aliphatic rings. The normalized spacial score (nSPS) is 11.4. The van der Waals surface area contributed by atoms with Gasteiger partial charge in [-0.05, 0) is 58.8 Å². The number of nitrogens with one attached hydrogen (secondary N) is 2. The highest BCUT2D eigenvalue weighted by Gasteiger charge is 2.16. The summed E-state index contributed by atoms with van der Waals surface area (Å²) in [4.78, 5) is 4.26. The van der Waals surface area contributed by atoms with E-state index in [2.05, 4.69) is 36.6 Å². The zero-order valence-corrected chi connectivity index (χ0v) is 14.4. The van der Waals surface area contributed by atoms with Gasteiger partial charge in [0.1, 0.15) is 0 Å². The lowest BCUT2D eigenvalue weighted by molar-refractivity contribution is 0.234. The van der Waals surface area contributed by atoms with E-state index in [1.807, 2.05) is 29.7 Å². The molecule has 0 atom stereocenters. The van der Waals surface area contributed by atoms with Gasteiger partial charge in [0, 0.05) is 15.2 Å². The van der Waals surface area contributed by atoms with Crippen molar-refractivity contribution in [2.24, 2.45) is 4.99 Å². The molecular formula is C15H11BrClN5O2. The van der Waals surface area contributed by atoms with Crippen molar-refractivity contribution >= 4 is 50.6 Å². The molecule has 0 fully saturated rings. The molecule has 3 N–H and O–H groups in total. The van der Waals surface area contributed by atoms with Crippen molar-refractivity contribution in [2.45, 2.75) is 0 Å². The summed E-state index contributed by atoms with van der Waals surface area (Å²) in [6.45, 7) is 0. The molecule has 3 aromatic rings. The maximum atomic E-state index is 9.39. The highest BCUT2D eigenvalue weighted by atomic mass is 79.9. The van der Waals surface area contributed by atoms with Crippen molar-refractivity contribution in [2.75, 3.05) is 5.32 Å². The van der Waals surface area contributed by atoms with Gasteiger partial charge in [0.15, 0.2) is 11.5 Å². The van der Waals surface area contributed by atoms with Gasteiger partial charge in [0.05, 0.1) is 5.69 Å². The van der Waals surface area contributed by atoms with Crippen LogP contribution in [0.1, 0.15) is 5.69 Å². The van der Waals surface area contributed by atoms with E-state index in [0.717, 1.165) is 10.2 Å². The Bertz CT molecular complexity index is 849. The SMILES string of the molecule is ONC(=Nc1ccc(Cl)cc1)c1nonc1Nc1ccc(Br)cc1. The number of rotatable bonds is 4. The maximum absolute atomic E-state index is 9.39. The van der Waals surface area contributed by atoms with Gasteiger partial charge in [-0.3, -0.25) is 10.7 Å². The summed E-state index contributed by atoms with van der Waals surface area (Å²) in [5.74, 6) is 0.393. The van der Waals surface area contributed by atoms with E-state index in [4.69, 9.17) is 16.2 Å². The number of amidine groups is 1. The first-order chi connectivity index (χ1) is 11.7. The molecule has 0 aliphatic heterocycles.